The van der Waals surface area contributed by atoms with Crippen molar-refractivity contribution >= 4 is 39.7 Å². The summed E-state index contributed by atoms with van der Waals surface area (Å²) in [5, 5.41) is 15.4. The number of aromatic nitrogens is 1. The Morgan fingerprint density at radius 2 is 2.17 bits per heavy atom. The SMILES string of the molecule is O=C(O)CCC(=O)Nc1nc(-c2cccs2)cs1. The van der Waals surface area contributed by atoms with Crippen molar-refractivity contribution in [2.24, 2.45) is 0 Å². The van der Waals surface area contributed by atoms with Gasteiger partial charge in [0.15, 0.2) is 5.13 Å². The molecule has 0 bridgehead atoms. The topological polar surface area (TPSA) is 79.3 Å². The lowest BCUT2D eigenvalue weighted by Crippen LogP contribution is -2.12. The maximum absolute atomic E-state index is 11.4. The summed E-state index contributed by atoms with van der Waals surface area (Å²) >= 11 is 2.90. The number of nitrogens with one attached hydrogen (secondary N) is 1. The molecule has 0 aromatic carbocycles. The minimum Gasteiger partial charge on any atom is -0.481 e. The molecule has 0 spiro atoms. The predicted octanol–water partition coefficient (Wildman–Crippen LogP) is 2.67. The Morgan fingerprint density at radius 3 is 2.83 bits per heavy atom. The van der Waals surface area contributed by atoms with Crippen molar-refractivity contribution in [1.82, 2.24) is 4.98 Å². The molecule has 0 fully saturated rings. The molecule has 0 radical (unpaired) electrons. The summed E-state index contributed by atoms with van der Waals surface area (Å²) in [5.74, 6) is -1.31. The summed E-state index contributed by atoms with van der Waals surface area (Å²) in [4.78, 5) is 27.0. The van der Waals surface area contributed by atoms with E-state index in [1.54, 1.807) is 11.3 Å². The summed E-state index contributed by atoms with van der Waals surface area (Å²) in [7, 11) is 0. The first-order valence-electron chi connectivity index (χ1n) is 5.16. The Bertz CT molecular complexity index is 548. The quantitative estimate of drug-likeness (QED) is 0.883. The lowest BCUT2D eigenvalue weighted by molar-refractivity contribution is -0.138. The minimum absolute atomic E-state index is 0.0384. The average molecular weight is 282 g/mol. The van der Waals surface area contributed by atoms with Crippen LogP contribution in [0, 0.1) is 0 Å². The fourth-order valence-corrected chi connectivity index (χ4v) is 2.76. The van der Waals surface area contributed by atoms with Crippen LogP contribution in [0.25, 0.3) is 10.6 Å². The summed E-state index contributed by atoms with van der Waals surface area (Å²) in [6, 6.07) is 3.89. The molecule has 0 atom stereocenters. The maximum atomic E-state index is 11.4. The van der Waals surface area contributed by atoms with Gasteiger partial charge in [-0.05, 0) is 11.4 Å². The highest BCUT2D eigenvalue weighted by Crippen LogP contribution is 2.28. The fraction of sp³-hybridized carbons (Fsp3) is 0.182. The van der Waals surface area contributed by atoms with Gasteiger partial charge in [-0.2, -0.15) is 0 Å². The van der Waals surface area contributed by atoms with E-state index < -0.39 is 5.97 Å². The number of hydrogen-bond acceptors (Lipinski definition) is 5. The van der Waals surface area contributed by atoms with Gasteiger partial charge in [-0.3, -0.25) is 9.59 Å². The Kier molecular flexibility index (Phi) is 4.06. The number of thiazole rings is 1. The maximum Gasteiger partial charge on any atom is 0.303 e. The van der Waals surface area contributed by atoms with E-state index in [-0.39, 0.29) is 18.7 Å². The van der Waals surface area contributed by atoms with Crippen molar-refractivity contribution in [3.63, 3.8) is 0 Å². The molecule has 0 saturated carbocycles. The highest BCUT2D eigenvalue weighted by molar-refractivity contribution is 7.16. The van der Waals surface area contributed by atoms with Crippen LogP contribution in [0.1, 0.15) is 12.8 Å². The van der Waals surface area contributed by atoms with E-state index in [0.29, 0.717) is 5.13 Å². The molecule has 2 heterocycles. The molecular formula is C11H10N2O3S2. The first kappa shape index (κ1) is 12.7. The van der Waals surface area contributed by atoms with Gasteiger partial charge in [0.2, 0.25) is 5.91 Å². The summed E-state index contributed by atoms with van der Waals surface area (Å²) < 4.78 is 0. The molecule has 0 saturated heterocycles. The number of anilines is 1. The van der Waals surface area contributed by atoms with Gasteiger partial charge in [0.25, 0.3) is 0 Å². The number of carbonyl (C=O) groups excluding carboxylic acids is 1. The van der Waals surface area contributed by atoms with Gasteiger partial charge in [0.05, 0.1) is 17.0 Å². The van der Waals surface area contributed by atoms with Gasteiger partial charge in [-0.25, -0.2) is 4.98 Å². The van der Waals surface area contributed by atoms with Gasteiger partial charge < -0.3 is 10.4 Å². The molecule has 7 heteroatoms. The van der Waals surface area contributed by atoms with E-state index in [1.807, 2.05) is 22.9 Å². The van der Waals surface area contributed by atoms with Crippen LogP contribution >= 0.6 is 22.7 Å². The zero-order chi connectivity index (χ0) is 13.0. The van der Waals surface area contributed by atoms with Crippen molar-refractivity contribution in [3.8, 4) is 10.6 Å². The van der Waals surface area contributed by atoms with Crippen molar-refractivity contribution in [3.05, 3.63) is 22.9 Å². The standard InChI is InChI=1S/C11H10N2O3S2/c14-9(3-4-10(15)16)13-11-12-7(6-18-11)8-2-1-5-17-8/h1-2,5-6H,3-4H2,(H,15,16)(H,12,13,14). The highest BCUT2D eigenvalue weighted by atomic mass is 32.1. The number of thiophene rings is 1. The van der Waals surface area contributed by atoms with Gasteiger partial charge in [0, 0.05) is 11.8 Å². The Labute approximate surface area is 111 Å². The van der Waals surface area contributed by atoms with Gasteiger partial charge in [-0.1, -0.05) is 6.07 Å². The van der Waals surface area contributed by atoms with E-state index in [2.05, 4.69) is 10.3 Å². The monoisotopic (exact) mass is 282 g/mol. The number of rotatable bonds is 5. The van der Waals surface area contributed by atoms with Gasteiger partial charge in [0.1, 0.15) is 0 Å². The lowest BCUT2D eigenvalue weighted by Gasteiger charge is -1.98. The normalized spacial score (nSPS) is 10.2. The van der Waals surface area contributed by atoms with Crippen LogP contribution in [0.3, 0.4) is 0 Å². The van der Waals surface area contributed by atoms with E-state index >= 15 is 0 Å². The van der Waals surface area contributed by atoms with E-state index in [4.69, 9.17) is 5.11 Å². The van der Waals surface area contributed by atoms with Crippen LogP contribution in [0.5, 0.6) is 0 Å². The van der Waals surface area contributed by atoms with E-state index in [9.17, 15) is 9.59 Å². The second kappa shape index (κ2) is 5.74. The molecule has 1 amide bonds. The number of carboxylic acids is 1. The molecule has 2 aromatic heterocycles. The third-order valence-corrected chi connectivity index (χ3v) is 3.74. The number of aliphatic carboxylic acids is 1. The van der Waals surface area contributed by atoms with Gasteiger partial charge in [-0.15, -0.1) is 22.7 Å². The minimum atomic E-state index is -0.983. The molecule has 2 rings (SSSR count). The van der Waals surface area contributed by atoms with E-state index in [0.717, 1.165) is 10.6 Å². The smallest absolute Gasteiger partial charge is 0.303 e. The molecule has 18 heavy (non-hydrogen) atoms. The molecule has 2 N–H and O–H groups in total. The van der Waals surface area contributed by atoms with Crippen molar-refractivity contribution < 1.29 is 14.7 Å². The number of hydrogen-bond donors (Lipinski definition) is 2. The van der Waals surface area contributed by atoms with Crippen molar-refractivity contribution in [2.75, 3.05) is 5.32 Å². The molecule has 2 aromatic rings. The van der Waals surface area contributed by atoms with Crippen LogP contribution in [0.4, 0.5) is 5.13 Å². The molecular weight excluding hydrogens is 272 g/mol. The van der Waals surface area contributed by atoms with Crippen molar-refractivity contribution in [1.29, 1.82) is 0 Å². The molecule has 0 aliphatic heterocycles. The third-order valence-electron chi connectivity index (χ3n) is 2.09. The third kappa shape index (κ3) is 3.38. The predicted molar refractivity (Wildman–Crippen MR) is 70.9 cm³/mol. The van der Waals surface area contributed by atoms with Gasteiger partial charge >= 0.3 is 5.97 Å². The first-order valence-corrected chi connectivity index (χ1v) is 6.92. The number of carbonyl (C=O) groups is 2. The number of nitrogens with zero attached hydrogens (tertiary/aromatic N) is 1. The van der Waals surface area contributed by atoms with Crippen molar-refractivity contribution in [2.45, 2.75) is 12.8 Å². The number of amides is 1. The number of carboxylic acid groups (broad SMARTS) is 1. The zero-order valence-corrected chi connectivity index (χ0v) is 10.9. The Hall–Kier alpha value is -1.73. The Balaban J connectivity index is 1.95. The molecule has 0 unspecified atom stereocenters. The Morgan fingerprint density at radius 1 is 1.33 bits per heavy atom. The highest BCUT2D eigenvalue weighted by Gasteiger charge is 2.09. The van der Waals surface area contributed by atoms with Crippen LogP contribution in [0.15, 0.2) is 22.9 Å². The zero-order valence-electron chi connectivity index (χ0n) is 9.25. The average Bonchev–Trinajstić information content (AvgIpc) is 2.95. The van der Waals surface area contributed by atoms with Crippen LogP contribution < -0.4 is 5.32 Å². The van der Waals surface area contributed by atoms with Crippen LogP contribution in [0.2, 0.25) is 0 Å². The van der Waals surface area contributed by atoms with Crippen LogP contribution in [-0.2, 0) is 9.59 Å². The second-order valence-electron chi connectivity index (χ2n) is 3.46. The second-order valence-corrected chi connectivity index (χ2v) is 5.26. The van der Waals surface area contributed by atoms with Crippen LogP contribution in [-0.4, -0.2) is 22.0 Å². The molecule has 5 nitrogen and oxygen atoms in total. The first-order chi connectivity index (χ1) is 8.65. The molecule has 94 valence electrons. The van der Waals surface area contributed by atoms with E-state index in [1.165, 1.54) is 11.3 Å². The molecule has 0 aliphatic carbocycles. The molecule has 0 aliphatic rings. The summed E-state index contributed by atoms with van der Waals surface area (Å²) in [6.07, 6.45) is -0.210. The largest absolute Gasteiger partial charge is 0.481 e. The fourth-order valence-electron chi connectivity index (χ4n) is 1.27. The summed E-state index contributed by atoms with van der Waals surface area (Å²) in [6.45, 7) is 0. The lowest BCUT2D eigenvalue weighted by atomic mass is 10.3. The summed E-state index contributed by atoms with van der Waals surface area (Å²) in [5.41, 5.74) is 0.823.